The van der Waals surface area contributed by atoms with Crippen LogP contribution in [0.3, 0.4) is 0 Å². The van der Waals surface area contributed by atoms with Crippen molar-refractivity contribution in [2.24, 2.45) is 39.7 Å². The Bertz CT molecular complexity index is 1530. The van der Waals surface area contributed by atoms with Crippen LogP contribution in [0.1, 0.15) is 136 Å². The summed E-state index contributed by atoms with van der Waals surface area (Å²) in [6.07, 6.45) is 15.4. The Hall–Kier alpha value is -3.90. The molecule has 5 rings (SSSR count). The highest BCUT2D eigenvalue weighted by Crippen LogP contribution is 2.59. The number of hydrogen-bond acceptors (Lipinski definition) is 8. The number of aromatic nitrogens is 2. The van der Waals surface area contributed by atoms with E-state index in [9.17, 15) is 28.8 Å². The Kier molecular flexibility index (Phi) is 12.3. The molecule has 0 bridgehead atoms. The smallest absolute Gasteiger partial charge is 0.287 e. The van der Waals surface area contributed by atoms with Crippen molar-refractivity contribution in [1.29, 1.82) is 0 Å². The number of nitrogens with two attached hydrogens (primary N) is 1. The number of likely N-dealkylation sites (tertiary alicyclic amines) is 1. The molecule has 53 heavy (non-hydrogen) atoms. The average Bonchev–Trinajstić information content (AvgIpc) is 3.55. The molecule has 2 heterocycles. The van der Waals surface area contributed by atoms with Crippen molar-refractivity contribution in [3.8, 4) is 0 Å². The van der Waals surface area contributed by atoms with Crippen molar-refractivity contribution in [2.75, 3.05) is 6.54 Å². The van der Waals surface area contributed by atoms with Gasteiger partial charge in [-0.05, 0) is 72.5 Å². The standard InChI is InChI=1S/C40H61N7O6/c1-38(2,3)32(46-36(52)30(25-14-8-7-9-15-25)45-34(50)28-22-42-18-19-43-28)37(53)47-23-26(39(4,5)40(6)16-11-17-40)21-29(47)35(51)44-27(31(48)33(41)49)20-24-12-10-13-24/h18-19,22,24-27,29-30,32H,7-17,20-21,23H2,1-6H3,(H2,41,49)(H,44,51)(H,45,50)(H,46,52)/t26?,27?,29-,30-,32+/m0/s1. The van der Waals surface area contributed by atoms with E-state index in [0.29, 0.717) is 19.4 Å². The van der Waals surface area contributed by atoms with Gasteiger partial charge < -0.3 is 26.6 Å². The zero-order chi connectivity index (χ0) is 38.7. The number of nitrogens with one attached hydrogen (secondary N) is 3. The fourth-order valence-corrected chi connectivity index (χ4v) is 8.97. The van der Waals surface area contributed by atoms with Crippen LogP contribution in [0.4, 0.5) is 0 Å². The summed E-state index contributed by atoms with van der Waals surface area (Å²) >= 11 is 0. The van der Waals surface area contributed by atoms with Gasteiger partial charge in [0, 0.05) is 18.9 Å². The molecular weight excluding hydrogens is 674 g/mol. The summed E-state index contributed by atoms with van der Waals surface area (Å²) in [6, 6.07) is -3.93. The number of hydrogen-bond donors (Lipinski definition) is 4. The molecule has 1 saturated heterocycles. The summed E-state index contributed by atoms with van der Waals surface area (Å²) in [5, 5.41) is 8.80. The quantitative estimate of drug-likeness (QED) is 0.207. The molecule has 5 N–H and O–H groups in total. The van der Waals surface area contributed by atoms with Crippen molar-refractivity contribution in [2.45, 2.75) is 149 Å². The molecule has 4 aliphatic rings. The van der Waals surface area contributed by atoms with Crippen molar-refractivity contribution < 1.29 is 28.8 Å². The monoisotopic (exact) mass is 735 g/mol. The van der Waals surface area contributed by atoms with Crippen LogP contribution in [-0.4, -0.2) is 80.9 Å². The number of carbonyl (C=O) groups excluding carboxylic acids is 6. The fraction of sp³-hybridized carbons (Fsp3) is 0.750. The van der Waals surface area contributed by atoms with Crippen LogP contribution in [-0.2, 0) is 24.0 Å². The molecule has 13 nitrogen and oxygen atoms in total. The van der Waals surface area contributed by atoms with Crippen molar-refractivity contribution in [1.82, 2.24) is 30.8 Å². The second-order valence-electron chi connectivity index (χ2n) is 18.1. The zero-order valence-electron chi connectivity index (χ0n) is 32.5. The number of Topliss-reactive ketones (excluding diaryl/α,β-unsaturated/α-hetero) is 1. The normalized spacial score (nSPS) is 23.8. The van der Waals surface area contributed by atoms with Crippen LogP contribution in [0.15, 0.2) is 18.6 Å². The topological polar surface area (TPSA) is 194 Å². The van der Waals surface area contributed by atoms with Crippen LogP contribution in [0, 0.1) is 34.0 Å². The van der Waals surface area contributed by atoms with Gasteiger partial charge in [0.05, 0.1) is 12.2 Å². The molecule has 1 aliphatic heterocycles. The highest BCUT2D eigenvalue weighted by Gasteiger charge is 2.55. The number of amides is 5. The molecule has 3 aliphatic carbocycles. The second kappa shape index (κ2) is 16.2. The molecule has 0 radical (unpaired) electrons. The van der Waals surface area contributed by atoms with Gasteiger partial charge in [0.2, 0.25) is 23.5 Å². The van der Waals surface area contributed by atoms with Crippen LogP contribution in [0.5, 0.6) is 0 Å². The third-order valence-electron chi connectivity index (χ3n) is 13.5. The van der Waals surface area contributed by atoms with Gasteiger partial charge in [-0.15, -0.1) is 0 Å². The predicted molar refractivity (Wildman–Crippen MR) is 199 cm³/mol. The summed E-state index contributed by atoms with van der Waals surface area (Å²) in [5.74, 6) is -3.77. The van der Waals surface area contributed by atoms with Crippen molar-refractivity contribution in [3.63, 3.8) is 0 Å². The van der Waals surface area contributed by atoms with E-state index in [1.54, 1.807) is 4.90 Å². The maximum Gasteiger partial charge on any atom is 0.287 e. The van der Waals surface area contributed by atoms with E-state index in [0.717, 1.165) is 70.6 Å². The first-order valence-electron chi connectivity index (χ1n) is 19.7. The van der Waals surface area contributed by atoms with Crippen LogP contribution in [0.25, 0.3) is 0 Å². The van der Waals surface area contributed by atoms with Gasteiger partial charge in [-0.2, -0.15) is 0 Å². The van der Waals surface area contributed by atoms with Gasteiger partial charge in [0.1, 0.15) is 23.8 Å². The zero-order valence-corrected chi connectivity index (χ0v) is 32.5. The molecule has 2 unspecified atom stereocenters. The lowest BCUT2D eigenvalue weighted by atomic mass is 9.51. The molecule has 4 fully saturated rings. The Morgan fingerprint density at radius 3 is 2.11 bits per heavy atom. The Labute approximate surface area is 314 Å². The molecule has 13 heteroatoms. The minimum absolute atomic E-state index is 0.0398. The van der Waals surface area contributed by atoms with E-state index in [2.05, 4.69) is 46.7 Å². The largest absolute Gasteiger partial charge is 0.363 e. The SMILES string of the molecule is CC(C)(C)[C@H](NC(=O)[C@@H](NC(=O)c1cnccn1)C1CCCCC1)C(=O)N1CC(C(C)(C)C2(C)CCC2)C[C@H]1C(=O)NC(CC1CCC1)C(=O)C(N)=O. The number of rotatable bonds is 14. The lowest BCUT2D eigenvalue weighted by Gasteiger charge is -2.54. The van der Waals surface area contributed by atoms with E-state index in [-0.39, 0.29) is 34.3 Å². The van der Waals surface area contributed by atoms with Crippen LogP contribution in [0.2, 0.25) is 0 Å². The van der Waals surface area contributed by atoms with E-state index < -0.39 is 64.9 Å². The summed E-state index contributed by atoms with van der Waals surface area (Å²) in [5.41, 5.74) is 4.56. The lowest BCUT2D eigenvalue weighted by molar-refractivity contribution is -0.145. The third-order valence-corrected chi connectivity index (χ3v) is 13.5. The molecular formula is C40H61N7O6. The van der Waals surface area contributed by atoms with Crippen molar-refractivity contribution >= 4 is 35.3 Å². The minimum Gasteiger partial charge on any atom is -0.363 e. The van der Waals surface area contributed by atoms with Gasteiger partial charge in [0.15, 0.2) is 0 Å². The van der Waals surface area contributed by atoms with E-state index in [1.165, 1.54) is 18.6 Å². The number of ketones is 1. The maximum absolute atomic E-state index is 14.9. The highest BCUT2D eigenvalue weighted by molar-refractivity contribution is 6.37. The predicted octanol–water partition coefficient (Wildman–Crippen LogP) is 3.85. The Morgan fingerprint density at radius 1 is 0.906 bits per heavy atom. The van der Waals surface area contributed by atoms with E-state index in [1.807, 2.05) is 20.8 Å². The van der Waals surface area contributed by atoms with Gasteiger partial charge in [0.25, 0.3) is 11.8 Å². The van der Waals surface area contributed by atoms with Gasteiger partial charge >= 0.3 is 0 Å². The van der Waals surface area contributed by atoms with Crippen LogP contribution < -0.4 is 21.7 Å². The van der Waals surface area contributed by atoms with Gasteiger partial charge in [-0.25, -0.2) is 4.98 Å². The second-order valence-corrected chi connectivity index (χ2v) is 18.1. The summed E-state index contributed by atoms with van der Waals surface area (Å²) in [6.45, 7) is 12.6. The van der Waals surface area contributed by atoms with E-state index >= 15 is 0 Å². The Morgan fingerprint density at radius 2 is 1.58 bits per heavy atom. The lowest BCUT2D eigenvalue weighted by Crippen LogP contribution is -2.62. The minimum atomic E-state index is -1.10. The third kappa shape index (κ3) is 8.91. The summed E-state index contributed by atoms with van der Waals surface area (Å²) < 4.78 is 0. The molecule has 0 spiro atoms. The Balaban J connectivity index is 1.43. The molecule has 5 atom stereocenters. The number of primary amides is 1. The number of carbonyl (C=O) groups is 6. The molecule has 1 aromatic heterocycles. The van der Waals surface area contributed by atoms with Gasteiger partial charge in [-0.1, -0.05) is 86.5 Å². The molecule has 292 valence electrons. The van der Waals surface area contributed by atoms with Crippen LogP contribution >= 0.6 is 0 Å². The molecule has 1 aromatic rings. The summed E-state index contributed by atoms with van der Waals surface area (Å²) in [7, 11) is 0. The van der Waals surface area contributed by atoms with Gasteiger partial charge in [-0.3, -0.25) is 33.8 Å². The maximum atomic E-state index is 14.9. The first kappa shape index (κ1) is 40.3. The molecule has 5 amide bonds. The first-order chi connectivity index (χ1) is 24.9. The summed E-state index contributed by atoms with van der Waals surface area (Å²) in [4.78, 5) is 91.5. The molecule has 3 saturated carbocycles. The number of nitrogens with zero attached hydrogens (tertiary/aromatic N) is 3. The van der Waals surface area contributed by atoms with Crippen molar-refractivity contribution in [3.05, 3.63) is 24.3 Å². The first-order valence-corrected chi connectivity index (χ1v) is 19.7. The average molecular weight is 736 g/mol. The highest BCUT2D eigenvalue weighted by atomic mass is 16.2. The fourth-order valence-electron chi connectivity index (χ4n) is 8.97. The van der Waals surface area contributed by atoms with E-state index in [4.69, 9.17) is 5.73 Å². The molecule has 0 aromatic carbocycles.